The van der Waals surface area contributed by atoms with Crippen LogP contribution in [0.5, 0.6) is 0 Å². The summed E-state index contributed by atoms with van der Waals surface area (Å²) >= 11 is 0. The monoisotopic (exact) mass is 407 g/mol. The second-order valence-corrected chi connectivity index (χ2v) is 7.03. The number of aromatic nitrogens is 2. The summed E-state index contributed by atoms with van der Waals surface area (Å²) in [6.07, 6.45) is -3.94. The van der Waals surface area contributed by atoms with E-state index < -0.39 is 29.0 Å². The van der Waals surface area contributed by atoms with E-state index >= 15 is 0 Å². The summed E-state index contributed by atoms with van der Waals surface area (Å²) in [6, 6.07) is 8.94. The Kier molecular flexibility index (Phi) is 4.68. The maximum Gasteiger partial charge on any atom is 0.417 e. The van der Waals surface area contributed by atoms with Gasteiger partial charge >= 0.3 is 11.9 Å². The van der Waals surface area contributed by atoms with Crippen LogP contribution in [0.4, 0.5) is 17.6 Å². The fourth-order valence-corrected chi connectivity index (χ4v) is 3.87. The summed E-state index contributed by atoms with van der Waals surface area (Å²) in [4.78, 5) is 29.1. The summed E-state index contributed by atoms with van der Waals surface area (Å²) < 4.78 is 54.8. The molecule has 0 unspecified atom stereocenters. The molecule has 5 nitrogen and oxygen atoms in total. The molecular weight excluding hydrogens is 390 g/mol. The highest BCUT2D eigenvalue weighted by Gasteiger charge is 2.37. The van der Waals surface area contributed by atoms with E-state index in [0.29, 0.717) is 36.6 Å². The molecule has 0 bridgehead atoms. The average molecular weight is 407 g/mol. The first kappa shape index (κ1) is 19.2. The molecule has 0 saturated carbocycles. The molecule has 0 spiro atoms. The molecule has 0 radical (unpaired) electrons. The van der Waals surface area contributed by atoms with Crippen LogP contribution in [0.1, 0.15) is 34.8 Å². The van der Waals surface area contributed by atoms with Crippen LogP contribution in [0, 0.1) is 5.82 Å². The van der Waals surface area contributed by atoms with Gasteiger partial charge in [0, 0.05) is 19.1 Å². The number of carbonyl (C=O) groups excluding carboxylic acids is 1. The van der Waals surface area contributed by atoms with Crippen molar-refractivity contribution < 1.29 is 22.4 Å². The molecular formula is C20H17F4N3O2. The lowest BCUT2D eigenvalue weighted by molar-refractivity contribution is -0.138. The van der Waals surface area contributed by atoms with E-state index in [2.05, 4.69) is 4.98 Å². The van der Waals surface area contributed by atoms with Gasteiger partial charge in [0.15, 0.2) is 0 Å². The van der Waals surface area contributed by atoms with Crippen LogP contribution in [0.2, 0.25) is 0 Å². The zero-order chi connectivity index (χ0) is 20.8. The first-order valence-electron chi connectivity index (χ1n) is 9.11. The highest BCUT2D eigenvalue weighted by atomic mass is 19.4. The summed E-state index contributed by atoms with van der Waals surface area (Å²) in [5, 5.41) is 0. The number of aromatic amines is 1. The number of hydrogen-bond donors (Lipinski definition) is 1. The molecule has 9 heteroatoms. The fourth-order valence-electron chi connectivity index (χ4n) is 3.87. The van der Waals surface area contributed by atoms with Crippen molar-refractivity contribution in [3.8, 4) is 0 Å². The van der Waals surface area contributed by atoms with Gasteiger partial charge in [-0.1, -0.05) is 12.1 Å². The van der Waals surface area contributed by atoms with Gasteiger partial charge < -0.3 is 9.88 Å². The Balaban J connectivity index is 1.56. The highest BCUT2D eigenvalue weighted by molar-refractivity contribution is 5.96. The maximum atomic E-state index is 13.5. The number of benzene rings is 2. The quantitative estimate of drug-likeness (QED) is 0.654. The van der Waals surface area contributed by atoms with Crippen molar-refractivity contribution in [3.05, 3.63) is 69.9 Å². The lowest BCUT2D eigenvalue weighted by atomic mass is 10.0. The van der Waals surface area contributed by atoms with Gasteiger partial charge in [0.1, 0.15) is 5.82 Å². The number of amides is 1. The molecule has 4 rings (SSSR count). The molecule has 2 aromatic carbocycles. The molecule has 1 fully saturated rings. The number of H-pyrrole nitrogens is 1. The molecule has 1 aromatic heterocycles. The number of imidazole rings is 1. The smallest absolute Gasteiger partial charge is 0.338 e. The number of likely N-dealkylation sites (tertiary alicyclic amines) is 1. The third kappa shape index (κ3) is 3.52. The lowest BCUT2D eigenvalue weighted by Gasteiger charge is -2.33. The average Bonchev–Trinajstić information content (AvgIpc) is 3.02. The molecule has 152 valence electrons. The zero-order valence-electron chi connectivity index (χ0n) is 15.2. The van der Waals surface area contributed by atoms with Crippen LogP contribution in [-0.2, 0) is 6.18 Å². The summed E-state index contributed by atoms with van der Waals surface area (Å²) in [5.74, 6) is -1.76. The number of halogens is 4. The van der Waals surface area contributed by atoms with Gasteiger partial charge in [0.2, 0.25) is 0 Å². The van der Waals surface area contributed by atoms with Gasteiger partial charge in [0.25, 0.3) is 5.91 Å². The second-order valence-electron chi connectivity index (χ2n) is 7.03. The van der Waals surface area contributed by atoms with Gasteiger partial charge in [-0.2, -0.15) is 13.2 Å². The van der Waals surface area contributed by atoms with E-state index in [1.165, 1.54) is 4.90 Å². The normalized spacial score (nSPS) is 15.8. The van der Waals surface area contributed by atoms with Crippen molar-refractivity contribution in [1.82, 2.24) is 14.5 Å². The second kappa shape index (κ2) is 7.06. The van der Waals surface area contributed by atoms with Gasteiger partial charge in [-0.3, -0.25) is 9.36 Å². The minimum absolute atomic E-state index is 0.170. The van der Waals surface area contributed by atoms with Crippen molar-refractivity contribution in [1.29, 1.82) is 0 Å². The highest BCUT2D eigenvalue weighted by Crippen LogP contribution is 2.34. The van der Waals surface area contributed by atoms with E-state index in [1.54, 1.807) is 16.7 Å². The van der Waals surface area contributed by atoms with E-state index in [9.17, 15) is 27.2 Å². The Labute approximate surface area is 162 Å². The van der Waals surface area contributed by atoms with E-state index in [4.69, 9.17) is 0 Å². The van der Waals surface area contributed by atoms with Crippen molar-refractivity contribution >= 4 is 16.9 Å². The van der Waals surface area contributed by atoms with Crippen molar-refractivity contribution in [2.75, 3.05) is 13.1 Å². The predicted octanol–water partition coefficient (Wildman–Crippen LogP) is 3.96. The molecule has 1 aliphatic heterocycles. The van der Waals surface area contributed by atoms with Crippen molar-refractivity contribution in [3.63, 3.8) is 0 Å². The molecule has 1 aliphatic rings. The number of nitrogens with one attached hydrogen (secondary N) is 1. The number of carbonyl (C=O) groups is 1. The van der Waals surface area contributed by atoms with Crippen LogP contribution in [-0.4, -0.2) is 33.4 Å². The zero-order valence-corrected chi connectivity index (χ0v) is 15.2. The van der Waals surface area contributed by atoms with Crippen LogP contribution < -0.4 is 5.69 Å². The SMILES string of the molecule is O=C(c1cc(F)ccc1C(F)(F)F)N1CCC(n2c(=O)[nH]c3ccccc32)CC1. The molecule has 1 N–H and O–H groups in total. The lowest BCUT2D eigenvalue weighted by Crippen LogP contribution is -2.41. The van der Waals surface area contributed by atoms with E-state index in [-0.39, 0.29) is 24.8 Å². The third-order valence-electron chi connectivity index (χ3n) is 5.26. The Morgan fingerprint density at radius 3 is 2.45 bits per heavy atom. The number of nitrogens with zero attached hydrogens (tertiary/aromatic N) is 2. The first-order valence-corrected chi connectivity index (χ1v) is 9.11. The summed E-state index contributed by atoms with van der Waals surface area (Å²) in [7, 11) is 0. The van der Waals surface area contributed by atoms with Crippen LogP contribution in [0.25, 0.3) is 11.0 Å². The topological polar surface area (TPSA) is 58.1 Å². The number of piperidine rings is 1. The molecule has 2 heterocycles. The minimum Gasteiger partial charge on any atom is -0.338 e. The number of para-hydroxylation sites is 2. The Bertz CT molecular complexity index is 1120. The third-order valence-corrected chi connectivity index (χ3v) is 5.26. The number of alkyl halides is 3. The number of rotatable bonds is 2. The number of hydrogen-bond acceptors (Lipinski definition) is 2. The maximum absolute atomic E-state index is 13.5. The molecule has 3 aromatic rings. The summed E-state index contributed by atoms with van der Waals surface area (Å²) in [6.45, 7) is 0.340. The van der Waals surface area contributed by atoms with Crippen LogP contribution in [0.3, 0.4) is 0 Å². The van der Waals surface area contributed by atoms with Gasteiger partial charge in [-0.05, 0) is 43.2 Å². The van der Waals surface area contributed by atoms with Crippen LogP contribution >= 0.6 is 0 Å². The molecule has 0 atom stereocenters. The minimum atomic E-state index is -4.76. The molecule has 1 amide bonds. The van der Waals surface area contributed by atoms with Gasteiger partial charge in [-0.15, -0.1) is 0 Å². The number of fused-ring (bicyclic) bond motifs is 1. The van der Waals surface area contributed by atoms with Crippen LogP contribution in [0.15, 0.2) is 47.3 Å². The van der Waals surface area contributed by atoms with Crippen molar-refractivity contribution in [2.45, 2.75) is 25.1 Å². The van der Waals surface area contributed by atoms with Gasteiger partial charge in [-0.25, -0.2) is 9.18 Å². The predicted molar refractivity (Wildman–Crippen MR) is 98.1 cm³/mol. The van der Waals surface area contributed by atoms with Crippen molar-refractivity contribution in [2.24, 2.45) is 0 Å². The summed E-state index contributed by atoms with van der Waals surface area (Å²) in [5.41, 5.74) is -0.670. The Morgan fingerprint density at radius 2 is 1.76 bits per heavy atom. The Hall–Kier alpha value is -3.10. The molecule has 29 heavy (non-hydrogen) atoms. The Morgan fingerprint density at radius 1 is 1.07 bits per heavy atom. The molecule has 1 saturated heterocycles. The fraction of sp³-hybridized carbons (Fsp3) is 0.300. The van der Waals surface area contributed by atoms with E-state index in [1.807, 2.05) is 12.1 Å². The first-order chi connectivity index (χ1) is 13.8. The largest absolute Gasteiger partial charge is 0.417 e. The standard InChI is InChI=1S/C20H17F4N3O2/c21-12-5-6-15(20(22,23)24)14(11-12)18(28)26-9-7-13(8-10-26)27-17-4-2-1-3-16(17)25-19(27)29/h1-6,11,13H,7-10H2,(H,25,29). The van der Waals surface area contributed by atoms with Gasteiger partial charge in [0.05, 0.1) is 22.2 Å². The van der Waals surface area contributed by atoms with E-state index in [0.717, 1.165) is 5.52 Å². The molecule has 0 aliphatic carbocycles.